The van der Waals surface area contributed by atoms with Gasteiger partial charge in [-0.15, -0.1) is 0 Å². The Balaban J connectivity index is 2.22. The molecule has 1 aliphatic heterocycles. The highest BCUT2D eigenvalue weighted by molar-refractivity contribution is 5.70. The number of phenols is 1. The van der Waals surface area contributed by atoms with Gasteiger partial charge in [-0.25, -0.2) is 4.79 Å². The van der Waals surface area contributed by atoms with E-state index in [1.165, 1.54) is 7.11 Å². The lowest BCUT2D eigenvalue weighted by Crippen LogP contribution is -2.18. The quantitative estimate of drug-likeness (QED) is 0.767. The van der Waals surface area contributed by atoms with Gasteiger partial charge in [0.2, 0.25) is 0 Å². The van der Waals surface area contributed by atoms with E-state index in [1.54, 1.807) is 18.2 Å². The Kier molecular flexibility index (Phi) is 2.37. The van der Waals surface area contributed by atoms with Gasteiger partial charge in [0.05, 0.1) is 13.2 Å². The van der Waals surface area contributed by atoms with Gasteiger partial charge in [-0.05, 0) is 17.7 Å². The Morgan fingerprint density at radius 3 is 2.93 bits per heavy atom. The highest BCUT2D eigenvalue weighted by atomic mass is 16.6. The number of cyclic esters (lactones) is 1. The predicted molar refractivity (Wildman–Crippen MR) is 51.9 cm³/mol. The van der Waals surface area contributed by atoms with Crippen molar-refractivity contribution in [2.75, 3.05) is 13.7 Å². The summed E-state index contributed by atoms with van der Waals surface area (Å²) in [5.74, 6) is 0.458. The van der Waals surface area contributed by atoms with E-state index in [9.17, 15) is 9.90 Å². The molecule has 1 aromatic carbocycles. The van der Waals surface area contributed by atoms with Crippen molar-refractivity contribution in [3.05, 3.63) is 23.8 Å². The fourth-order valence-corrected chi connectivity index (χ4v) is 1.49. The maximum absolute atomic E-state index is 10.8. The number of benzene rings is 1. The van der Waals surface area contributed by atoms with Crippen LogP contribution in [0.4, 0.5) is 4.79 Å². The number of nitrogens with one attached hydrogen (secondary N) is 1. The van der Waals surface area contributed by atoms with Crippen LogP contribution in [0.25, 0.3) is 0 Å². The first-order valence-electron chi connectivity index (χ1n) is 4.51. The van der Waals surface area contributed by atoms with E-state index in [0.717, 1.165) is 5.56 Å². The summed E-state index contributed by atoms with van der Waals surface area (Å²) < 4.78 is 9.67. The molecule has 5 nitrogen and oxygen atoms in total. The summed E-state index contributed by atoms with van der Waals surface area (Å²) in [6.07, 6.45) is -0.435. The van der Waals surface area contributed by atoms with E-state index in [4.69, 9.17) is 9.47 Å². The van der Waals surface area contributed by atoms with Crippen molar-refractivity contribution in [1.29, 1.82) is 0 Å². The first kappa shape index (κ1) is 9.64. The third-order valence-corrected chi connectivity index (χ3v) is 2.28. The summed E-state index contributed by atoms with van der Waals surface area (Å²) in [6, 6.07) is 4.78. The molecule has 1 aromatic rings. The number of amides is 1. The van der Waals surface area contributed by atoms with Crippen LogP contribution in [0.15, 0.2) is 18.2 Å². The van der Waals surface area contributed by atoms with Crippen molar-refractivity contribution in [3.63, 3.8) is 0 Å². The lowest BCUT2D eigenvalue weighted by atomic mass is 10.1. The molecule has 1 fully saturated rings. The number of hydrogen-bond acceptors (Lipinski definition) is 4. The first-order chi connectivity index (χ1) is 7.20. The van der Waals surface area contributed by atoms with Crippen LogP contribution in [0, 0.1) is 0 Å². The molecule has 0 aromatic heterocycles. The van der Waals surface area contributed by atoms with Crippen molar-refractivity contribution in [1.82, 2.24) is 5.32 Å². The minimum atomic E-state index is -0.435. The van der Waals surface area contributed by atoms with Gasteiger partial charge in [-0.3, -0.25) is 0 Å². The van der Waals surface area contributed by atoms with Crippen LogP contribution < -0.4 is 10.1 Å². The molecule has 5 heteroatoms. The van der Waals surface area contributed by atoms with Crippen LogP contribution in [-0.4, -0.2) is 24.9 Å². The van der Waals surface area contributed by atoms with Gasteiger partial charge in [0.1, 0.15) is 6.61 Å². The highest BCUT2D eigenvalue weighted by Gasteiger charge is 2.24. The Hall–Kier alpha value is -1.91. The number of rotatable bonds is 2. The maximum Gasteiger partial charge on any atom is 0.407 e. The summed E-state index contributed by atoms with van der Waals surface area (Å²) in [5, 5.41) is 12.2. The molecule has 0 aliphatic carbocycles. The smallest absolute Gasteiger partial charge is 0.407 e. The molecule has 1 heterocycles. The second-order valence-electron chi connectivity index (χ2n) is 3.23. The molecule has 0 saturated carbocycles. The summed E-state index contributed by atoms with van der Waals surface area (Å²) in [7, 11) is 1.48. The molecule has 80 valence electrons. The second kappa shape index (κ2) is 3.68. The molecule has 0 bridgehead atoms. The molecule has 1 saturated heterocycles. The molecule has 15 heavy (non-hydrogen) atoms. The van der Waals surface area contributed by atoms with Crippen molar-refractivity contribution >= 4 is 6.09 Å². The number of carbonyl (C=O) groups is 1. The number of phenolic OH excluding ortho intramolecular Hbond substituents is 1. The largest absolute Gasteiger partial charge is 0.504 e. The van der Waals surface area contributed by atoms with E-state index in [2.05, 4.69) is 5.32 Å². The van der Waals surface area contributed by atoms with Gasteiger partial charge in [-0.1, -0.05) is 6.07 Å². The summed E-state index contributed by atoms with van der Waals surface area (Å²) >= 11 is 0. The topological polar surface area (TPSA) is 67.8 Å². The van der Waals surface area contributed by atoms with Crippen LogP contribution >= 0.6 is 0 Å². The molecule has 0 radical (unpaired) electrons. The van der Waals surface area contributed by atoms with Crippen molar-refractivity contribution in [3.8, 4) is 11.5 Å². The lowest BCUT2D eigenvalue weighted by Gasteiger charge is -2.09. The van der Waals surface area contributed by atoms with E-state index in [1.807, 2.05) is 0 Å². The Morgan fingerprint density at radius 2 is 2.40 bits per heavy atom. The van der Waals surface area contributed by atoms with E-state index >= 15 is 0 Å². The molecule has 2 rings (SSSR count). The van der Waals surface area contributed by atoms with Crippen molar-refractivity contribution in [2.45, 2.75) is 6.04 Å². The zero-order valence-electron chi connectivity index (χ0n) is 8.19. The molecule has 1 atom stereocenters. The van der Waals surface area contributed by atoms with Crippen molar-refractivity contribution in [2.24, 2.45) is 0 Å². The second-order valence-corrected chi connectivity index (χ2v) is 3.23. The molecule has 2 N–H and O–H groups in total. The van der Waals surface area contributed by atoms with Crippen LogP contribution in [0.2, 0.25) is 0 Å². The van der Waals surface area contributed by atoms with Crippen molar-refractivity contribution < 1.29 is 19.4 Å². The molecule has 1 amide bonds. The third-order valence-electron chi connectivity index (χ3n) is 2.28. The summed E-state index contributed by atoms with van der Waals surface area (Å²) in [5.41, 5.74) is 0.791. The van der Waals surface area contributed by atoms with Gasteiger partial charge in [0.25, 0.3) is 0 Å². The molecule has 0 spiro atoms. The molecular formula is C10H11NO4. The average molecular weight is 209 g/mol. The molecule has 0 unspecified atom stereocenters. The number of alkyl carbamates (subject to hydrolysis) is 1. The van der Waals surface area contributed by atoms with Crippen LogP contribution in [0.1, 0.15) is 11.6 Å². The number of hydrogen-bond donors (Lipinski definition) is 2. The predicted octanol–water partition coefficient (Wildman–Crippen LogP) is 1.18. The summed E-state index contributed by atoms with van der Waals surface area (Å²) in [4.78, 5) is 10.8. The number of methoxy groups -OCH3 is 1. The Morgan fingerprint density at radius 1 is 1.60 bits per heavy atom. The lowest BCUT2D eigenvalue weighted by molar-refractivity contribution is 0.177. The average Bonchev–Trinajstić information content (AvgIpc) is 2.65. The standard InChI is InChI=1S/C10H11NO4/c1-14-9-3-2-6(4-8(9)12)7-5-15-10(13)11-7/h2-4,7,12H,5H2,1H3,(H,11,13)/t7-/m1/s1. The zero-order valence-corrected chi connectivity index (χ0v) is 8.19. The number of carbonyl (C=O) groups excluding carboxylic acids is 1. The normalized spacial score (nSPS) is 19.5. The Labute approximate surface area is 86.6 Å². The fourth-order valence-electron chi connectivity index (χ4n) is 1.49. The van der Waals surface area contributed by atoms with E-state index in [-0.39, 0.29) is 18.4 Å². The van der Waals surface area contributed by atoms with Gasteiger partial charge < -0.3 is 19.9 Å². The minimum absolute atomic E-state index is 0.0520. The van der Waals surface area contributed by atoms with E-state index in [0.29, 0.717) is 5.75 Å². The summed E-state index contributed by atoms with van der Waals surface area (Å²) in [6.45, 7) is 0.282. The van der Waals surface area contributed by atoms with Gasteiger partial charge in [-0.2, -0.15) is 0 Å². The number of aromatic hydroxyl groups is 1. The van der Waals surface area contributed by atoms with Gasteiger partial charge in [0.15, 0.2) is 11.5 Å². The fraction of sp³-hybridized carbons (Fsp3) is 0.300. The third kappa shape index (κ3) is 1.81. The van der Waals surface area contributed by atoms with Gasteiger partial charge >= 0.3 is 6.09 Å². The SMILES string of the molecule is COc1ccc([C@H]2COC(=O)N2)cc1O. The zero-order chi connectivity index (χ0) is 10.8. The maximum atomic E-state index is 10.8. The monoisotopic (exact) mass is 209 g/mol. The van der Waals surface area contributed by atoms with Gasteiger partial charge in [0, 0.05) is 0 Å². The molecule has 1 aliphatic rings. The first-order valence-corrected chi connectivity index (χ1v) is 4.51. The van der Waals surface area contributed by atoms with Crippen LogP contribution in [-0.2, 0) is 4.74 Å². The van der Waals surface area contributed by atoms with Crippen LogP contribution in [0.5, 0.6) is 11.5 Å². The Bertz CT molecular complexity index is 391. The van der Waals surface area contributed by atoms with E-state index < -0.39 is 6.09 Å². The molecular weight excluding hydrogens is 198 g/mol. The number of ether oxygens (including phenoxy) is 2. The minimum Gasteiger partial charge on any atom is -0.504 e. The van der Waals surface area contributed by atoms with Crippen LogP contribution in [0.3, 0.4) is 0 Å². The highest BCUT2D eigenvalue weighted by Crippen LogP contribution is 2.29.